The Kier molecular flexibility index (Phi) is 4.77. The quantitative estimate of drug-likeness (QED) is 0.923. The Hall–Kier alpha value is -1.73. The normalized spacial score (nSPS) is 17.7. The minimum atomic E-state index is -0.0865. The number of amides is 1. The Morgan fingerprint density at radius 3 is 2.65 bits per heavy atom. The predicted octanol–water partition coefficient (Wildman–Crippen LogP) is 1.73. The molecule has 0 aromatic carbocycles. The van der Waals surface area contributed by atoms with Gasteiger partial charge in [-0.15, -0.1) is 0 Å². The molecule has 7 heteroatoms. The summed E-state index contributed by atoms with van der Waals surface area (Å²) in [7, 11) is 0. The van der Waals surface area contributed by atoms with Gasteiger partial charge in [-0.1, -0.05) is 11.3 Å². The molecule has 2 aromatic rings. The minimum absolute atomic E-state index is 0.0865. The largest absolute Gasteiger partial charge is 0.353 e. The zero-order valence-electron chi connectivity index (χ0n) is 13.8. The highest BCUT2D eigenvalue weighted by molar-refractivity contribution is 7.21. The molecule has 1 atom stereocenters. The van der Waals surface area contributed by atoms with Gasteiger partial charge in [-0.3, -0.25) is 9.69 Å². The molecule has 124 valence electrons. The summed E-state index contributed by atoms with van der Waals surface area (Å²) in [5.74, 6) is 0.109. The van der Waals surface area contributed by atoms with Crippen molar-refractivity contribution in [2.24, 2.45) is 0 Å². The first-order valence-electron chi connectivity index (χ1n) is 8.05. The van der Waals surface area contributed by atoms with Crippen LogP contribution in [0.5, 0.6) is 0 Å². The second-order valence-electron chi connectivity index (χ2n) is 6.19. The molecule has 1 fully saturated rings. The molecular weight excluding hydrogens is 310 g/mol. The standard InChI is InChI=1S/C16H23N5OS/c1-11(2)18-14(22)12(3)20-7-9-21(10-8-20)16-19-13-5-4-6-17-15(13)23-16/h4-6,11-12H,7-10H2,1-3H3,(H,18,22)/t12-/m1/s1. The van der Waals surface area contributed by atoms with Gasteiger partial charge in [0.2, 0.25) is 5.91 Å². The number of nitrogens with zero attached hydrogens (tertiary/aromatic N) is 4. The van der Waals surface area contributed by atoms with E-state index in [-0.39, 0.29) is 18.0 Å². The van der Waals surface area contributed by atoms with Crippen molar-refractivity contribution in [1.29, 1.82) is 0 Å². The monoisotopic (exact) mass is 333 g/mol. The molecule has 1 aliphatic rings. The SMILES string of the molecule is CC(C)NC(=O)[C@@H](C)N1CCN(c2nc3cccnc3s2)CC1. The predicted molar refractivity (Wildman–Crippen MR) is 93.9 cm³/mol. The first-order chi connectivity index (χ1) is 11.0. The second-order valence-corrected chi connectivity index (χ2v) is 7.14. The molecule has 3 rings (SSSR count). The molecule has 0 radical (unpaired) electrons. The number of carbonyl (C=O) groups excluding carboxylic acids is 1. The molecule has 3 heterocycles. The summed E-state index contributed by atoms with van der Waals surface area (Å²) < 4.78 is 0. The number of fused-ring (bicyclic) bond motifs is 1. The van der Waals surface area contributed by atoms with E-state index in [1.807, 2.05) is 32.9 Å². The number of pyridine rings is 1. The van der Waals surface area contributed by atoms with E-state index < -0.39 is 0 Å². The van der Waals surface area contributed by atoms with Gasteiger partial charge in [0.25, 0.3) is 0 Å². The number of nitrogens with one attached hydrogen (secondary N) is 1. The van der Waals surface area contributed by atoms with Crippen molar-refractivity contribution in [3.63, 3.8) is 0 Å². The van der Waals surface area contributed by atoms with Gasteiger partial charge >= 0.3 is 0 Å². The lowest BCUT2D eigenvalue weighted by molar-refractivity contribution is -0.126. The molecule has 1 N–H and O–H groups in total. The molecule has 0 spiro atoms. The zero-order valence-corrected chi connectivity index (χ0v) is 14.6. The summed E-state index contributed by atoms with van der Waals surface area (Å²) in [6, 6.07) is 4.01. The Balaban J connectivity index is 1.60. The molecular formula is C16H23N5OS. The molecule has 0 aliphatic carbocycles. The number of anilines is 1. The average Bonchev–Trinajstić information content (AvgIpc) is 2.97. The van der Waals surface area contributed by atoms with Gasteiger partial charge in [0.1, 0.15) is 10.3 Å². The molecule has 2 aromatic heterocycles. The lowest BCUT2D eigenvalue weighted by atomic mass is 10.2. The summed E-state index contributed by atoms with van der Waals surface area (Å²) in [5, 5.41) is 4.01. The molecule has 1 aliphatic heterocycles. The molecule has 0 bridgehead atoms. The maximum absolute atomic E-state index is 12.1. The van der Waals surface area contributed by atoms with Crippen molar-refractivity contribution in [3.8, 4) is 0 Å². The third kappa shape index (κ3) is 3.61. The fourth-order valence-electron chi connectivity index (χ4n) is 2.77. The van der Waals surface area contributed by atoms with Crippen LogP contribution in [-0.2, 0) is 4.79 Å². The Morgan fingerprint density at radius 1 is 1.26 bits per heavy atom. The summed E-state index contributed by atoms with van der Waals surface area (Å²) >= 11 is 1.63. The Morgan fingerprint density at radius 2 is 2.00 bits per heavy atom. The number of rotatable bonds is 4. The van der Waals surface area contributed by atoms with Gasteiger partial charge in [-0.05, 0) is 32.9 Å². The maximum atomic E-state index is 12.1. The molecule has 0 saturated carbocycles. The first-order valence-corrected chi connectivity index (χ1v) is 8.87. The fourth-order valence-corrected chi connectivity index (χ4v) is 3.73. The van der Waals surface area contributed by atoms with E-state index in [4.69, 9.17) is 0 Å². The highest BCUT2D eigenvalue weighted by Crippen LogP contribution is 2.27. The van der Waals surface area contributed by atoms with Crippen molar-refractivity contribution in [2.45, 2.75) is 32.9 Å². The average molecular weight is 333 g/mol. The molecule has 1 saturated heterocycles. The van der Waals surface area contributed by atoms with Crippen molar-refractivity contribution in [2.75, 3.05) is 31.1 Å². The van der Waals surface area contributed by atoms with Gasteiger partial charge in [-0.2, -0.15) is 0 Å². The molecule has 0 unspecified atom stereocenters. The van der Waals surface area contributed by atoms with Crippen LogP contribution in [0.4, 0.5) is 5.13 Å². The van der Waals surface area contributed by atoms with E-state index in [2.05, 4.69) is 25.1 Å². The van der Waals surface area contributed by atoms with Gasteiger partial charge in [0.05, 0.1) is 6.04 Å². The van der Waals surface area contributed by atoms with E-state index in [0.29, 0.717) is 0 Å². The topological polar surface area (TPSA) is 61.4 Å². The van der Waals surface area contributed by atoms with E-state index >= 15 is 0 Å². The van der Waals surface area contributed by atoms with Crippen LogP contribution in [0, 0.1) is 0 Å². The fraction of sp³-hybridized carbons (Fsp3) is 0.562. The van der Waals surface area contributed by atoms with E-state index in [1.54, 1.807) is 17.5 Å². The van der Waals surface area contributed by atoms with Crippen LogP contribution in [-0.4, -0.2) is 59.0 Å². The van der Waals surface area contributed by atoms with Crippen LogP contribution in [0.25, 0.3) is 10.3 Å². The lowest BCUT2D eigenvalue weighted by Gasteiger charge is -2.37. The van der Waals surface area contributed by atoms with Crippen molar-refractivity contribution in [3.05, 3.63) is 18.3 Å². The van der Waals surface area contributed by atoms with Crippen LogP contribution < -0.4 is 10.2 Å². The number of piperazine rings is 1. The summed E-state index contributed by atoms with van der Waals surface area (Å²) in [5.41, 5.74) is 0.958. The van der Waals surface area contributed by atoms with Crippen LogP contribution in [0.1, 0.15) is 20.8 Å². The Bertz CT molecular complexity index is 645. The minimum Gasteiger partial charge on any atom is -0.353 e. The van der Waals surface area contributed by atoms with Crippen LogP contribution in [0.2, 0.25) is 0 Å². The Labute approximate surface area is 140 Å². The molecule has 1 amide bonds. The van der Waals surface area contributed by atoms with Crippen LogP contribution in [0.3, 0.4) is 0 Å². The van der Waals surface area contributed by atoms with E-state index in [0.717, 1.165) is 41.7 Å². The highest BCUT2D eigenvalue weighted by atomic mass is 32.1. The number of hydrogen-bond acceptors (Lipinski definition) is 6. The van der Waals surface area contributed by atoms with E-state index in [9.17, 15) is 4.79 Å². The lowest BCUT2D eigenvalue weighted by Crippen LogP contribution is -2.54. The van der Waals surface area contributed by atoms with Crippen LogP contribution >= 0.6 is 11.3 Å². The third-order valence-corrected chi connectivity index (χ3v) is 5.14. The van der Waals surface area contributed by atoms with Crippen molar-refractivity contribution in [1.82, 2.24) is 20.2 Å². The smallest absolute Gasteiger partial charge is 0.237 e. The number of thiazole rings is 1. The maximum Gasteiger partial charge on any atom is 0.237 e. The van der Waals surface area contributed by atoms with Gasteiger partial charge < -0.3 is 10.2 Å². The number of aromatic nitrogens is 2. The van der Waals surface area contributed by atoms with Gasteiger partial charge in [0.15, 0.2) is 5.13 Å². The summed E-state index contributed by atoms with van der Waals surface area (Å²) in [4.78, 5) is 26.7. The zero-order chi connectivity index (χ0) is 16.4. The van der Waals surface area contributed by atoms with Crippen molar-refractivity contribution >= 4 is 32.7 Å². The highest BCUT2D eigenvalue weighted by Gasteiger charge is 2.26. The number of carbonyl (C=O) groups is 1. The second kappa shape index (κ2) is 6.80. The number of hydrogen-bond donors (Lipinski definition) is 1. The van der Waals surface area contributed by atoms with Crippen molar-refractivity contribution < 1.29 is 4.79 Å². The third-order valence-electron chi connectivity index (χ3n) is 4.10. The van der Waals surface area contributed by atoms with Gasteiger partial charge in [-0.25, -0.2) is 9.97 Å². The summed E-state index contributed by atoms with van der Waals surface area (Å²) in [6.07, 6.45) is 1.80. The first kappa shape index (κ1) is 16.1. The van der Waals surface area contributed by atoms with Crippen LogP contribution in [0.15, 0.2) is 18.3 Å². The van der Waals surface area contributed by atoms with Gasteiger partial charge in [0, 0.05) is 38.4 Å². The molecule has 6 nitrogen and oxygen atoms in total. The summed E-state index contributed by atoms with van der Waals surface area (Å²) in [6.45, 7) is 9.48. The molecule has 23 heavy (non-hydrogen) atoms. The van der Waals surface area contributed by atoms with E-state index in [1.165, 1.54) is 0 Å².